The predicted molar refractivity (Wildman–Crippen MR) is 76.0 cm³/mol. The average molecular weight is 246 g/mol. The molecule has 1 aromatic carbocycles. The number of rotatable bonds is 5. The Morgan fingerprint density at radius 2 is 2.11 bits per heavy atom. The number of aromatic amines is 1. The number of aromatic nitrogens is 1. The third kappa shape index (κ3) is 2.74. The maximum atomic E-state index is 5.12. The van der Waals surface area contributed by atoms with Gasteiger partial charge in [0.25, 0.3) is 0 Å². The van der Waals surface area contributed by atoms with Crippen LogP contribution >= 0.6 is 0 Å². The fourth-order valence-corrected chi connectivity index (χ4v) is 2.22. The van der Waals surface area contributed by atoms with Crippen LogP contribution in [0.1, 0.15) is 23.7 Å². The molecule has 0 fully saturated rings. The number of hydrogen-bond acceptors (Lipinski definition) is 2. The maximum absolute atomic E-state index is 5.12. The molecule has 0 radical (unpaired) electrons. The Bertz CT molecular complexity index is 531. The number of nitrogens with one attached hydrogen (secondary N) is 2. The highest BCUT2D eigenvalue weighted by molar-refractivity contribution is 5.84. The van der Waals surface area contributed by atoms with Crippen molar-refractivity contribution in [2.75, 3.05) is 13.7 Å². The average Bonchev–Trinajstić information content (AvgIpc) is 2.63. The van der Waals surface area contributed by atoms with E-state index in [2.05, 4.69) is 49.3 Å². The van der Waals surface area contributed by atoms with E-state index in [9.17, 15) is 0 Å². The van der Waals surface area contributed by atoms with Gasteiger partial charge in [0.05, 0.1) is 6.61 Å². The second-order valence-electron chi connectivity index (χ2n) is 4.99. The molecular formula is C15H22N2O. The maximum Gasteiger partial charge on any atom is 0.0613 e. The Morgan fingerprint density at radius 3 is 2.83 bits per heavy atom. The molecule has 3 heteroatoms. The third-order valence-electron chi connectivity index (χ3n) is 3.44. The molecule has 3 nitrogen and oxygen atoms in total. The van der Waals surface area contributed by atoms with Crippen molar-refractivity contribution >= 4 is 10.9 Å². The van der Waals surface area contributed by atoms with Gasteiger partial charge in [0.15, 0.2) is 0 Å². The van der Waals surface area contributed by atoms with E-state index in [4.69, 9.17) is 4.74 Å². The summed E-state index contributed by atoms with van der Waals surface area (Å²) >= 11 is 0. The topological polar surface area (TPSA) is 37.0 Å². The number of ether oxygens (including phenoxy) is 1. The van der Waals surface area contributed by atoms with Gasteiger partial charge in [-0.2, -0.15) is 0 Å². The van der Waals surface area contributed by atoms with E-state index in [1.165, 1.54) is 27.7 Å². The highest BCUT2D eigenvalue weighted by Gasteiger charge is 2.06. The van der Waals surface area contributed by atoms with Crippen molar-refractivity contribution in [2.24, 2.45) is 0 Å². The lowest BCUT2D eigenvalue weighted by Gasteiger charge is -2.12. The predicted octanol–water partition coefficient (Wildman–Crippen LogP) is 2.91. The summed E-state index contributed by atoms with van der Waals surface area (Å²) < 4.78 is 5.12. The van der Waals surface area contributed by atoms with Gasteiger partial charge >= 0.3 is 0 Å². The van der Waals surface area contributed by atoms with Crippen molar-refractivity contribution in [3.8, 4) is 0 Å². The molecule has 0 bridgehead atoms. The number of H-pyrrole nitrogens is 1. The molecule has 0 spiro atoms. The molecule has 98 valence electrons. The van der Waals surface area contributed by atoms with Gasteiger partial charge < -0.3 is 15.0 Å². The zero-order valence-corrected chi connectivity index (χ0v) is 11.6. The zero-order valence-electron chi connectivity index (χ0n) is 11.6. The molecule has 0 aliphatic heterocycles. The van der Waals surface area contributed by atoms with Crippen molar-refractivity contribution in [1.29, 1.82) is 0 Å². The minimum Gasteiger partial charge on any atom is -0.383 e. The number of methoxy groups -OCH3 is 1. The molecule has 2 aromatic rings. The summed E-state index contributed by atoms with van der Waals surface area (Å²) in [5.74, 6) is 0. The van der Waals surface area contributed by atoms with E-state index in [1.54, 1.807) is 7.11 Å². The number of fused-ring (bicyclic) bond motifs is 1. The molecule has 18 heavy (non-hydrogen) atoms. The summed E-state index contributed by atoms with van der Waals surface area (Å²) in [6.07, 6.45) is 0. The van der Waals surface area contributed by atoms with Crippen LogP contribution in [-0.4, -0.2) is 24.7 Å². The smallest absolute Gasteiger partial charge is 0.0613 e. The van der Waals surface area contributed by atoms with Gasteiger partial charge in [0.1, 0.15) is 0 Å². The van der Waals surface area contributed by atoms with E-state index in [0.717, 1.165) is 13.2 Å². The first-order chi connectivity index (χ1) is 8.61. The first-order valence-corrected chi connectivity index (χ1v) is 6.42. The molecule has 0 saturated carbocycles. The molecular weight excluding hydrogens is 224 g/mol. The molecule has 0 aliphatic rings. The van der Waals surface area contributed by atoms with E-state index in [-0.39, 0.29) is 0 Å². The van der Waals surface area contributed by atoms with Crippen LogP contribution in [-0.2, 0) is 11.3 Å². The first-order valence-electron chi connectivity index (χ1n) is 6.42. The molecule has 0 saturated heterocycles. The third-order valence-corrected chi connectivity index (χ3v) is 3.44. The van der Waals surface area contributed by atoms with Gasteiger partial charge in [0.2, 0.25) is 0 Å². The fourth-order valence-electron chi connectivity index (χ4n) is 2.22. The number of benzene rings is 1. The normalized spacial score (nSPS) is 13.1. The SMILES string of the molecule is COCC(C)NCc1ccc2[nH]c(C)c(C)c2c1. The van der Waals surface area contributed by atoms with E-state index < -0.39 is 0 Å². The molecule has 2 N–H and O–H groups in total. The lowest BCUT2D eigenvalue weighted by atomic mass is 10.1. The summed E-state index contributed by atoms with van der Waals surface area (Å²) in [5, 5.41) is 4.78. The molecule has 0 amide bonds. The van der Waals surface area contributed by atoms with E-state index in [1.807, 2.05) is 0 Å². The number of aryl methyl sites for hydroxylation is 2. The van der Waals surface area contributed by atoms with Crippen LogP contribution in [0.3, 0.4) is 0 Å². The summed E-state index contributed by atoms with van der Waals surface area (Å²) in [6.45, 7) is 8.04. The van der Waals surface area contributed by atoms with Crippen LogP contribution in [0.2, 0.25) is 0 Å². The van der Waals surface area contributed by atoms with Crippen molar-refractivity contribution < 1.29 is 4.74 Å². The van der Waals surface area contributed by atoms with Crippen LogP contribution in [0.15, 0.2) is 18.2 Å². The summed E-state index contributed by atoms with van der Waals surface area (Å²) in [4.78, 5) is 3.40. The zero-order chi connectivity index (χ0) is 13.1. The summed E-state index contributed by atoms with van der Waals surface area (Å²) in [7, 11) is 1.73. The van der Waals surface area contributed by atoms with Crippen molar-refractivity contribution in [1.82, 2.24) is 10.3 Å². The van der Waals surface area contributed by atoms with Gasteiger partial charge in [-0.3, -0.25) is 0 Å². The van der Waals surface area contributed by atoms with Crippen LogP contribution in [0.5, 0.6) is 0 Å². The first kappa shape index (κ1) is 13.1. The largest absolute Gasteiger partial charge is 0.383 e. The van der Waals surface area contributed by atoms with Crippen molar-refractivity contribution in [2.45, 2.75) is 33.4 Å². The Morgan fingerprint density at radius 1 is 1.33 bits per heavy atom. The number of hydrogen-bond donors (Lipinski definition) is 2. The van der Waals surface area contributed by atoms with E-state index >= 15 is 0 Å². The summed E-state index contributed by atoms with van der Waals surface area (Å²) in [5.41, 5.74) is 5.13. The second kappa shape index (κ2) is 5.55. The van der Waals surface area contributed by atoms with Gasteiger partial charge in [-0.25, -0.2) is 0 Å². The van der Waals surface area contributed by atoms with Crippen LogP contribution in [0, 0.1) is 13.8 Å². The molecule has 2 rings (SSSR count). The molecule has 0 aliphatic carbocycles. The fraction of sp³-hybridized carbons (Fsp3) is 0.467. The molecule has 1 unspecified atom stereocenters. The molecule has 1 atom stereocenters. The molecule has 1 aromatic heterocycles. The minimum absolute atomic E-state index is 0.375. The highest BCUT2D eigenvalue weighted by Crippen LogP contribution is 2.22. The standard InChI is InChI=1S/C15H22N2O/c1-10(9-18-4)16-8-13-5-6-15-14(7-13)11(2)12(3)17-15/h5-7,10,16-17H,8-9H2,1-4H3. The van der Waals surface area contributed by atoms with Gasteiger partial charge in [0, 0.05) is 36.3 Å². The Labute approximate surface area is 109 Å². The van der Waals surface area contributed by atoms with Crippen LogP contribution in [0.25, 0.3) is 10.9 Å². The lowest BCUT2D eigenvalue weighted by molar-refractivity contribution is 0.171. The van der Waals surface area contributed by atoms with Crippen molar-refractivity contribution in [3.05, 3.63) is 35.0 Å². The Balaban J connectivity index is 2.12. The lowest BCUT2D eigenvalue weighted by Crippen LogP contribution is -2.29. The van der Waals surface area contributed by atoms with Gasteiger partial charge in [-0.1, -0.05) is 6.07 Å². The Kier molecular flexibility index (Phi) is 4.04. The quantitative estimate of drug-likeness (QED) is 0.851. The van der Waals surface area contributed by atoms with Crippen LogP contribution in [0.4, 0.5) is 0 Å². The van der Waals surface area contributed by atoms with Crippen molar-refractivity contribution in [3.63, 3.8) is 0 Å². The Hall–Kier alpha value is -1.32. The molecule has 1 heterocycles. The van der Waals surface area contributed by atoms with E-state index in [0.29, 0.717) is 6.04 Å². The van der Waals surface area contributed by atoms with Gasteiger partial charge in [-0.15, -0.1) is 0 Å². The highest BCUT2D eigenvalue weighted by atomic mass is 16.5. The van der Waals surface area contributed by atoms with Gasteiger partial charge in [-0.05, 0) is 44.0 Å². The minimum atomic E-state index is 0.375. The summed E-state index contributed by atoms with van der Waals surface area (Å²) in [6, 6.07) is 6.97. The monoisotopic (exact) mass is 246 g/mol. The van der Waals surface area contributed by atoms with Crippen LogP contribution < -0.4 is 5.32 Å². The second-order valence-corrected chi connectivity index (χ2v) is 4.99.